The van der Waals surface area contributed by atoms with Crippen molar-refractivity contribution in [3.63, 3.8) is 0 Å². The standard InChI is InChI=1S/C15H19Cl2N3/c1-9(13-6-5-12(16)7-15(13)17)19-10(2)14-8-18-20(4)11(14)3/h5-10,19H,1-4H3. The molecule has 0 saturated heterocycles. The first-order valence-corrected chi connectivity index (χ1v) is 7.35. The first-order chi connectivity index (χ1) is 9.40. The molecule has 2 unspecified atom stereocenters. The Bertz CT molecular complexity index is 607. The van der Waals surface area contributed by atoms with E-state index in [2.05, 4.69) is 31.2 Å². The summed E-state index contributed by atoms with van der Waals surface area (Å²) in [7, 11) is 1.95. The van der Waals surface area contributed by atoms with Crippen LogP contribution in [0.1, 0.15) is 42.8 Å². The SMILES string of the molecule is Cc1c(C(C)NC(C)c2ccc(Cl)cc2Cl)cnn1C. The Kier molecular flexibility index (Phi) is 4.74. The van der Waals surface area contributed by atoms with Crippen LogP contribution in [0.4, 0.5) is 0 Å². The van der Waals surface area contributed by atoms with E-state index in [-0.39, 0.29) is 12.1 Å². The van der Waals surface area contributed by atoms with E-state index in [1.165, 1.54) is 11.3 Å². The van der Waals surface area contributed by atoms with Crippen LogP contribution in [0.3, 0.4) is 0 Å². The van der Waals surface area contributed by atoms with Gasteiger partial charge in [-0.15, -0.1) is 0 Å². The summed E-state index contributed by atoms with van der Waals surface area (Å²) < 4.78 is 1.88. The molecule has 3 nitrogen and oxygen atoms in total. The second-order valence-electron chi connectivity index (χ2n) is 5.08. The number of aryl methyl sites for hydroxylation is 1. The van der Waals surface area contributed by atoms with Gasteiger partial charge < -0.3 is 5.32 Å². The molecular weight excluding hydrogens is 293 g/mol. The largest absolute Gasteiger partial charge is 0.303 e. The van der Waals surface area contributed by atoms with Gasteiger partial charge in [0.1, 0.15) is 0 Å². The molecule has 0 spiro atoms. The van der Waals surface area contributed by atoms with E-state index in [0.29, 0.717) is 10.0 Å². The molecule has 1 heterocycles. The molecule has 0 aliphatic rings. The molecule has 0 aliphatic carbocycles. The zero-order chi connectivity index (χ0) is 14.9. The third-order valence-corrected chi connectivity index (χ3v) is 4.23. The van der Waals surface area contributed by atoms with Crippen molar-refractivity contribution in [3.05, 3.63) is 51.3 Å². The normalized spacial score (nSPS) is 14.3. The van der Waals surface area contributed by atoms with Gasteiger partial charge in [-0.25, -0.2) is 0 Å². The summed E-state index contributed by atoms with van der Waals surface area (Å²) in [6.07, 6.45) is 1.91. The van der Waals surface area contributed by atoms with Crippen molar-refractivity contribution in [3.8, 4) is 0 Å². The van der Waals surface area contributed by atoms with E-state index in [9.17, 15) is 0 Å². The average molecular weight is 312 g/mol. The van der Waals surface area contributed by atoms with E-state index in [0.717, 1.165) is 5.56 Å². The van der Waals surface area contributed by atoms with E-state index >= 15 is 0 Å². The number of nitrogens with one attached hydrogen (secondary N) is 1. The molecule has 1 aromatic heterocycles. The fraction of sp³-hybridized carbons (Fsp3) is 0.400. The molecule has 0 bridgehead atoms. The van der Waals surface area contributed by atoms with E-state index < -0.39 is 0 Å². The minimum Gasteiger partial charge on any atom is -0.303 e. The van der Waals surface area contributed by atoms with Crippen LogP contribution in [0.25, 0.3) is 0 Å². The second kappa shape index (κ2) is 6.17. The highest BCUT2D eigenvalue weighted by molar-refractivity contribution is 6.35. The van der Waals surface area contributed by atoms with Crippen molar-refractivity contribution in [2.24, 2.45) is 7.05 Å². The second-order valence-corrected chi connectivity index (χ2v) is 5.93. The van der Waals surface area contributed by atoms with Crippen LogP contribution < -0.4 is 5.32 Å². The topological polar surface area (TPSA) is 29.9 Å². The van der Waals surface area contributed by atoms with E-state index in [1.807, 2.05) is 30.1 Å². The van der Waals surface area contributed by atoms with E-state index in [4.69, 9.17) is 23.2 Å². The van der Waals surface area contributed by atoms with Crippen LogP contribution in [0.5, 0.6) is 0 Å². The van der Waals surface area contributed by atoms with Crippen LogP contribution in [0, 0.1) is 6.92 Å². The summed E-state index contributed by atoms with van der Waals surface area (Å²) in [6.45, 7) is 6.29. The molecule has 1 aromatic carbocycles. The van der Waals surface area contributed by atoms with Crippen LogP contribution >= 0.6 is 23.2 Å². The minimum atomic E-state index is 0.134. The molecule has 0 radical (unpaired) electrons. The maximum atomic E-state index is 6.25. The van der Waals surface area contributed by atoms with Crippen LogP contribution in [-0.4, -0.2) is 9.78 Å². The van der Waals surface area contributed by atoms with Crippen molar-refractivity contribution in [2.45, 2.75) is 32.9 Å². The van der Waals surface area contributed by atoms with Gasteiger partial charge in [0.05, 0.1) is 6.20 Å². The highest BCUT2D eigenvalue weighted by Crippen LogP contribution is 2.28. The molecular formula is C15H19Cl2N3. The van der Waals surface area contributed by atoms with Gasteiger partial charge in [0.15, 0.2) is 0 Å². The number of benzene rings is 1. The summed E-state index contributed by atoms with van der Waals surface area (Å²) in [5.74, 6) is 0. The number of rotatable bonds is 4. The molecule has 5 heteroatoms. The monoisotopic (exact) mass is 311 g/mol. The van der Waals surface area contributed by atoms with Crippen LogP contribution in [0.15, 0.2) is 24.4 Å². The zero-order valence-electron chi connectivity index (χ0n) is 12.1. The Hall–Kier alpha value is -1.03. The van der Waals surface area contributed by atoms with Gasteiger partial charge in [0.25, 0.3) is 0 Å². The maximum absolute atomic E-state index is 6.25. The van der Waals surface area contributed by atoms with Gasteiger partial charge in [-0.2, -0.15) is 5.10 Å². The van der Waals surface area contributed by atoms with Crippen molar-refractivity contribution in [1.82, 2.24) is 15.1 Å². The predicted octanol–water partition coefficient (Wildman–Crippen LogP) is 4.45. The Labute approximate surface area is 129 Å². The van der Waals surface area contributed by atoms with Gasteiger partial charge in [0, 0.05) is 40.4 Å². The third kappa shape index (κ3) is 3.17. The number of nitrogens with zero attached hydrogens (tertiary/aromatic N) is 2. The lowest BCUT2D eigenvalue weighted by Gasteiger charge is -2.21. The van der Waals surface area contributed by atoms with Gasteiger partial charge in [-0.1, -0.05) is 29.3 Å². The van der Waals surface area contributed by atoms with Gasteiger partial charge >= 0.3 is 0 Å². The van der Waals surface area contributed by atoms with Crippen molar-refractivity contribution >= 4 is 23.2 Å². The summed E-state index contributed by atoms with van der Waals surface area (Å²) in [4.78, 5) is 0. The number of hydrogen-bond donors (Lipinski definition) is 1. The summed E-state index contributed by atoms with van der Waals surface area (Å²) >= 11 is 12.2. The van der Waals surface area contributed by atoms with Gasteiger partial charge in [0.2, 0.25) is 0 Å². The van der Waals surface area contributed by atoms with Crippen molar-refractivity contribution in [1.29, 1.82) is 0 Å². The predicted molar refractivity (Wildman–Crippen MR) is 84.4 cm³/mol. The third-order valence-electron chi connectivity index (χ3n) is 3.67. The molecule has 0 aliphatic heterocycles. The number of halogens is 2. The smallest absolute Gasteiger partial charge is 0.0540 e. The summed E-state index contributed by atoms with van der Waals surface area (Å²) in [6, 6.07) is 5.93. The molecule has 2 atom stereocenters. The Morgan fingerprint density at radius 2 is 1.80 bits per heavy atom. The Morgan fingerprint density at radius 1 is 1.15 bits per heavy atom. The summed E-state index contributed by atoms with van der Waals surface area (Å²) in [5, 5.41) is 9.17. The Balaban J connectivity index is 2.15. The fourth-order valence-electron chi connectivity index (χ4n) is 2.35. The van der Waals surface area contributed by atoms with Crippen LogP contribution in [0.2, 0.25) is 10.0 Å². The first kappa shape index (κ1) is 15.4. The first-order valence-electron chi connectivity index (χ1n) is 6.59. The molecule has 0 amide bonds. The van der Waals surface area contributed by atoms with Gasteiger partial charge in [-0.05, 0) is 38.5 Å². The number of aromatic nitrogens is 2. The lowest BCUT2D eigenvalue weighted by Crippen LogP contribution is -2.23. The lowest BCUT2D eigenvalue weighted by atomic mass is 10.0. The number of hydrogen-bond acceptors (Lipinski definition) is 2. The Morgan fingerprint density at radius 3 is 2.35 bits per heavy atom. The highest BCUT2D eigenvalue weighted by Gasteiger charge is 2.16. The molecule has 0 saturated carbocycles. The van der Waals surface area contributed by atoms with Crippen molar-refractivity contribution < 1.29 is 0 Å². The molecule has 2 aromatic rings. The maximum Gasteiger partial charge on any atom is 0.0540 e. The van der Waals surface area contributed by atoms with Crippen molar-refractivity contribution in [2.75, 3.05) is 0 Å². The van der Waals surface area contributed by atoms with Gasteiger partial charge in [-0.3, -0.25) is 4.68 Å². The molecule has 1 N–H and O–H groups in total. The minimum absolute atomic E-state index is 0.134. The lowest BCUT2D eigenvalue weighted by molar-refractivity contribution is 0.492. The van der Waals surface area contributed by atoms with E-state index in [1.54, 1.807) is 6.07 Å². The molecule has 20 heavy (non-hydrogen) atoms. The fourth-order valence-corrected chi connectivity index (χ4v) is 2.92. The molecule has 2 rings (SSSR count). The zero-order valence-corrected chi connectivity index (χ0v) is 13.6. The molecule has 108 valence electrons. The highest BCUT2D eigenvalue weighted by atomic mass is 35.5. The molecule has 0 fully saturated rings. The quantitative estimate of drug-likeness (QED) is 0.904. The summed E-state index contributed by atoms with van der Waals surface area (Å²) in [5.41, 5.74) is 3.41. The van der Waals surface area contributed by atoms with Crippen LogP contribution in [-0.2, 0) is 7.05 Å². The average Bonchev–Trinajstić information content (AvgIpc) is 2.69.